The van der Waals surface area contributed by atoms with Crippen molar-refractivity contribution in [3.05, 3.63) is 0 Å². The average Bonchev–Trinajstić information content (AvgIpc) is 1.61. The van der Waals surface area contributed by atoms with Gasteiger partial charge in [0.15, 0.2) is 0 Å². The van der Waals surface area contributed by atoms with Crippen LogP contribution in [-0.2, 0) is 14.3 Å². The average molecular weight is 213 g/mol. The number of hydrogen-bond acceptors (Lipinski definition) is 3. The Morgan fingerprint density at radius 3 is 1.70 bits per heavy atom. The Kier molecular flexibility index (Phi) is 1.47. The molecule has 0 saturated carbocycles. The molecule has 0 bridgehead atoms. The number of alkyl halides is 4. The van der Waals surface area contributed by atoms with Crippen molar-refractivity contribution >= 4 is 33.3 Å². The molecule has 0 radical (unpaired) electrons. The van der Waals surface area contributed by atoms with Crippen LogP contribution in [0.2, 0.25) is 0 Å². The molecule has 1 aliphatic heterocycles. The molecule has 0 aromatic rings. The largest absolute Gasteiger partial charge is 0.382 e. The fourth-order valence-electron chi connectivity index (χ4n) is 0.350. The second-order valence-corrected chi connectivity index (χ2v) is 4.44. The fourth-order valence-corrected chi connectivity index (χ4v) is 1.77. The predicted octanol–water partition coefficient (Wildman–Crippen LogP) is 1.07. The van der Waals surface area contributed by atoms with Crippen molar-refractivity contribution in [2.45, 2.75) is 9.77 Å². The molecule has 1 saturated heterocycles. The van der Waals surface area contributed by atoms with Crippen molar-refractivity contribution in [2.75, 3.05) is 0 Å². The topological polar surface area (TPSA) is 43.4 Å². The minimum atomic E-state index is -4.68. The van der Waals surface area contributed by atoms with Gasteiger partial charge in [-0.25, -0.2) is 4.18 Å². The molecule has 2 unspecified atom stereocenters. The van der Waals surface area contributed by atoms with E-state index in [-0.39, 0.29) is 0 Å². The van der Waals surface area contributed by atoms with Crippen LogP contribution in [0.1, 0.15) is 0 Å². The summed E-state index contributed by atoms with van der Waals surface area (Å²) in [6.07, 6.45) is 0. The zero-order valence-corrected chi connectivity index (χ0v) is 6.47. The van der Waals surface area contributed by atoms with Gasteiger partial charge in [-0.1, -0.05) is 11.6 Å². The van der Waals surface area contributed by atoms with E-state index in [0.717, 1.165) is 0 Å². The summed E-state index contributed by atoms with van der Waals surface area (Å²) in [7, 11) is -4.68. The monoisotopic (exact) mass is 212 g/mol. The van der Waals surface area contributed by atoms with E-state index in [1.165, 1.54) is 0 Å². The standard InChI is InChI=1S/C2Cl2F2O3S/c3-1(5)2(4,6)10(7,8)9-1. The summed E-state index contributed by atoms with van der Waals surface area (Å²) < 4.78 is 44.3. The second-order valence-electron chi connectivity index (χ2n) is 1.57. The zero-order valence-electron chi connectivity index (χ0n) is 4.14. The molecule has 0 aliphatic carbocycles. The van der Waals surface area contributed by atoms with Crippen LogP contribution in [0.5, 0.6) is 0 Å². The summed E-state index contributed by atoms with van der Waals surface area (Å²) in [6.45, 7) is 0. The Morgan fingerprint density at radius 2 is 1.70 bits per heavy atom. The van der Waals surface area contributed by atoms with Crippen molar-refractivity contribution in [1.29, 1.82) is 0 Å². The van der Waals surface area contributed by atoms with Gasteiger partial charge in [0.05, 0.1) is 0 Å². The normalized spacial score (nSPS) is 52.0. The maximum atomic E-state index is 12.3. The van der Waals surface area contributed by atoms with E-state index in [9.17, 15) is 17.2 Å². The molecule has 1 fully saturated rings. The first-order valence-electron chi connectivity index (χ1n) is 1.91. The van der Waals surface area contributed by atoms with Gasteiger partial charge in [0.25, 0.3) is 0 Å². The molecule has 8 heteroatoms. The maximum Gasteiger partial charge on any atom is 0.382 e. The van der Waals surface area contributed by atoms with Gasteiger partial charge in [0, 0.05) is 0 Å². The number of hydrogen-bond donors (Lipinski definition) is 0. The van der Waals surface area contributed by atoms with Crippen molar-refractivity contribution in [3.63, 3.8) is 0 Å². The van der Waals surface area contributed by atoms with Crippen LogP contribution in [0.3, 0.4) is 0 Å². The first kappa shape index (κ1) is 8.45. The molecule has 0 aromatic heterocycles. The van der Waals surface area contributed by atoms with E-state index in [4.69, 9.17) is 0 Å². The van der Waals surface area contributed by atoms with Crippen LogP contribution in [0.4, 0.5) is 8.78 Å². The summed E-state index contributed by atoms with van der Waals surface area (Å²) in [5, 5.41) is -3.46. The SMILES string of the molecule is O=S1(=O)OC(F)(Cl)C1(F)Cl. The molecule has 0 N–H and O–H groups in total. The third-order valence-corrected chi connectivity index (χ3v) is 3.65. The smallest absolute Gasteiger partial charge is 0.206 e. The van der Waals surface area contributed by atoms with Gasteiger partial charge in [0.1, 0.15) is 0 Å². The molecule has 1 aliphatic rings. The summed E-state index contributed by atoms with van der Waals surface area (Å²) >= 11 is 9.01. The summed E-state index contributed by atoms with van der Waals surface area (Å²) in [6, 6.07) is 0. The third-order valence-electron chi connectivity index (χ3n) is 0.867. The van der Waals surface area contributed by atoms with Gasteiger partial charge in [-0.3, -0.25) is 0 Å². The molecule has 1 heterocycles. The van der Waals surface area contributed by atoms with Crippen LogP contribution in [-0.4, -0.2) is 18.2 Å². The van der Waals surface area contributed by atoms with Crippen LogP contribution in [0.25, 0.3) is 0 Å². The third kappa shape index (κ3) is 0.761. The zero-order chi connectivity index (χ0) is 8.21. The van der Waals surface area contributed by atoms with E-state index in [1.807, 2.05) is 0 Å². The minimum absolute atomic E-state index is 3.29. The molecule has 0 aromatic carbocycles. The maximum absolute atomic E-state index is 12.3. The van der Waals surface area contributed by atoms with Gasteiger partial charge in [-0.15, -0.1) is 0 Å². The summed E-state index contributed by atoms with van der Waals surface area (Å²) in [5.74, 6) is 0. The Bertz CT molecular complexity index is 258. The Morgan fingerprint density at radius 1 is 1.30 bits per heavy atom. The van der Waals surface area contributed by atoms with Gasteiger partial charge < -0.3 is 0 Å². The molecule has 3 nitrogen and oxygen atoms in total. The summed E-state index contributed by atoms with van der Waals surface area (Å²) in [5.41, 5.74) is 0. The second kappa shape index (κ2) is 1.74. The Hall–Kier alpha value is 0.350. The Labute approximate surface area is 65.0 Å². The number of rotatable bonds is 0. The highest BCUT2D eigenvalue weighted by atomic mass is 35.5. The molecular formula is C2Cl2F2O3S. The van der Waals surface area contributed by atoms with Gasteiger partial charge in [-0.2, -0.15) is 17.2 Å². The molecular weight excluding hydrogens is 213 g/mol. The van der Waals surface area contributed by atoms with E-state index in [2.05, 4.69) is 27.4 Å². The molecule has 2 atom stereocenters. The number of halogens is 4. The lowest BCUT2D eigenvalue weighted by Gasteiger charge is -2.36. The van der Waals surface area contributed by atoms with Crippen LogP contribution < -0.4 is 0 Å². The van der Waals surface area contributed by atoms with Crippen LogP contribution in [0.15, 0.2) is 0 Å². The highest BCUT2D eigenvalue weighted by molar-refractivity contribution is 7.91. The van der Waals surface area contributed by atoms with E-state index >= 15 is 0 Å². The lowest BCUT2D eigenvalue weighted by molar-refractivity contribution is -0.0845. The van der Waals surface area contributed by atoms with E-state index in [1.54, 1.807) is 0 Å². The van der Waals surface area contributed by atoms with E-state index < -0.39 is 19.9 Å². The van der Waals surface area contributed by atoms with Crippen LogP contribution >= 0.6 is 23.2 Å². The molecule has 10 heavy (non-hydrogen) atoms. The van der Waals surface area contributed by atoms with Crippen molar-refractivity contribution in [1.82, 2.24) is 0 Å². The van der Waals surface area contributed by atoms with Crippen molar-refractivity contribution in [2.24, 2.45) is 0 Å². The molecule has 0 spiro atoms. The molecule has 60 valence electrons. The van der Waals surface area contributed by atoms with Crippen molar-refractivity contribution in [3.8, 4) is 0 Å². The first-order valence-corrected chi connectivity index (χ1v) is 4.08. The lowest BCUT2D eigenvalue weighted by Crippen LogP contribution is -2.59. The Balaban J connectivity index is 3.08. The highest BCUT2D eigenvalue weighted by Gasteiger charge is 2.76. The van der Waals surface area contributed by atoms with Gasteiger partial charge in [0.2, 0.25) is 0 Å². The quantitative estimate of drug-likeness (QED) is 0.446. The van der Waals surface area contributed by atoms with E-state index in [0.29, 0.717) is 0 Å². The fraction of sp³-hybridized carbons (Fsp3) is 1.00. The van der Waals surface area contributed by atoms with Crippen LogP contribution in [0, 0.1) is 0 Å². The highest BCUT2D eigenvalue weighted by Crippen LogP contribution is 2.54. The summed E-state index contributed by atoms with van der Waals surface area (Å²) in [4.78, 5) is 0. The molecule has 0 amide bonds. The minimum Gasteiger partial charge on any atom is -0.206 e. The first-order chi connectivity index (χ1) is 4.21. The molecule has 1 rings (SSSR count). The van der Waals surface area contributed by atoms with Crippen molar-refractivity contribution < 1.29 is 21.4 Å². The lowest BCUT2D eigenvalue weighted by atomic mass is 10.7. The predicted molar refractivity (Wildman–Crippen MR) is 29.4 cm³/mol. The van der Waals surface area contributed by atoms with Gasteiger partial charge >= 0.3 is 19.9 Å². The van der Waals surface area contributed by atoms with Gasteiger partial charge in [-0.05, 0) is 11.6 Å².